The second kappa shape index (κ2) is 5.99. The molecule has 2 aromatic carbocycles. The molecule has 3 rings (SSSR count). The summed E-state index contributed by atoms with van der Waals surface area (Å²) in [5.41, 5.74) is 1.79. The molecule has 0 atom stereocenters. The SMILES string of the molecule is COc1ccccc1N=C([O-])c1cc(=S)[nH]c2ccccc12. The van der Waals surface area contributed by atoms with Crippen molar-refractivity contribution >= 4 is 34.7 Å². The van der Waals surface area contributed by atoms with Gasteiger partial charge in [-0.15, -0.1) is 0 Å². The average molecular weight is 309 g/mol. The monoisotopic (exact) mass is 309 g/mol. The normalized spacial score (nSPS) is 11.6. The molecule has 22 heavy (non-hydrogen) atoms. The van der Waals surface area contributed by atoms with Crippen LogP contribution in [-0.4, -0.2) is 18.0 Å². The van der Waals surface area contributed by atoms with E-state index < -0.39 is 0 Å². The van der Waals surface area contributed by atoms with Crippen LogP contribution in [0.2, 0.25) is 0 Å². The molecule has 0 aliphatic carbocycles. The van der Waals surface area contributed by atoms with Crippen LogP contribution in [0.15, 0.2) is 59.6 Å². The van der Waals surface area contributed by atoms with Crippen LogP contribution in [-0.2, 0) is 0 Å². The van der Waals surface area contributed by atoms with Gasteiger partial charge >= 0.3 is 0 Å². The maximum absolute atomic E-state index is 12.6. The van der Waals surface area contributed by atoms with Crippen LogP contribution in [0.5, 0.6) is 5.75 Å². The fourth-order valence-corrected chi connectivity index (χ4v) is 2.50. The van der Waals surface area contributed by atoms with Crippen LogP contribution in [0.3, 0.4) is 0 Å². The number of hydrogen-bond acceptors (Lipinski definition) is 4. The quantitative estimate of drug-likeness (QED) is 0.458. The highest BCUT2D eigenvalue weighted by Gasteiger charge is 2.04. The Morgan fingerprint density at radius 3 is 2.68 bits per heavy atom. The maximum atomic E-state index is 12.6. The minimum absolute atomic E-state index is 0.346. The molecule has 0 radical (unpaired) electrons. The van der Waals surface area contributed by atoms with Gasteiger partial charge in [0.2, 0.25) is 0 Å². The number of nitrogens with one attached hydrogen (secondary N) is 1. The van der Waals surface area contributed by atoms with Crippen molar-refractivity contribution in [1.82, 2.24) is 4.98 Å². The molecular formula is C17H13N2O2S-. The number of benzene rings is 2. The number of H-pyrrole nitrogens is 1. The minimum Gasteiger partial charge on any atom is -0.858 e. The molecule has 5 heteroatoms. The number of fused-ring (bicyclic) bond motifs is 1. The fraction of sp³-hybridized carbons (Fsp3) is 0.0588. The molecule has 1 heterocycles. The first kappa shape index (κ1) is 14.3. The highest BCUT2D eigenvalue weighted by molar-refractivity contribution is 7.71. The molecule has 0 amide bonds. The predicted octanol–water partition coefficient (Wildman–Crippen LogP) is 3.34. The zero-order chi connectivity index (χ0) is 15.5. The van der Waals surface area contributed by atoms with E-state index in [9.17, 15) is 5.11 Å². The van der Waals surface area contributed by atoms with Gasteiger partial charge in [-0.05, 0) is 35.7 Å². The topological polar surface area (TPSA) is 60.4 Å². The van der Waals surface area contributed by atoms with Crippen LogP contribution in [0.25, 0.3) is 10.9 Å². The van der Waals surface area contributed by atoms with Gasteiger partial charge in [-0.2, -0.15) is 0 Å². The van der Waals surface area contributed by atoms with Crippen LogP contribution >= 0.6 is 12.2 Å². The number of hydrogen-bond donors (Lipinski definition) is 1. The van der Waals surface area contributed by atoms with E-state index in [-0.39, 0.29) is 5.90 Å². The standard InChI is InChI=1S/C17H14N2O2S/c1-21-15-9-5-4-8-14(15)19-17(20)12-10-16(22)18-13-7-3-2-6-11(12)13/h2-10H,1H3,(H,18,22)(H,19,20)/p-1. The van der Waals surface area contributed by atoms with Crippen LogP contribution in [0.1, 0.15) is 5.56 Å². The molecule has 0 saturated carbocycles. The second-order valence-electron chi connectivity index (χ2n) is 4.68. The number of aromatic nitrogens is 1. The lowest BCUT2D eigenvalue weighted by Crippen LogP contribution is -2.19. The lowest BCUT2D eigenvalue weighted by Gasteiger charge is -2.14. The number of aliphatic imine (C=N–C) groups is 1. The van der Waals surface area contributed by atoms with E-state index in [4.69, 9.17) is 17.0 Å². The number of pyridine rings is 1. The maximum Gasteiger partial charge on any atom is 0.144 e. The summed E-state index contributed by atoms with van der Waals surface area (Å²) in [4.78, 5) is 7.23. The smallest absolute Gasteiger partial charge is 0.144 e. The van der Waals surface area contributed by atoms with Crippen molar-refractivity contribution in [3.63, 3.8) is 0 Å². The Morgan fingerprint density at radius 2 is 1.86 bits per heavy atom. The van der Waals surface area contributed by atoms with Crippen LogP contribution < -0.4 is 9.84 Å². The van der Waals surface area contributed by atoms with Gasteiger partial charge in [0, 0.05) is 10.9 Å². The zero-order valence-electron chi connectivity index (χ0n) is 11.9. The van der Waals surface area contributed by atoms with Crippen LogP contribution in [0.4, 0.5) is 5.69 Å². The largest absolute Gasteiger partial charge is 0.858 e. The molecule has 0 fully saturated rings. The molecule has 0 bridgehead atoms. The Labute approximate surface area is 132 Å². The number of nitrogens with zero attached hydrogens (tertiary/aromatic N) is 1. The van der Waals surface area contributed by atoms with Gasteiger partial charge < -0.3 is 14.8 Å². The molecule has 0 saturated heterocycles. The Hall–Kier alpha value is -2.66. The first-order valence-electron chi connectivity index (χ1n) is 6.70. The van der Waals surface area contributed by atoms with E-state index in [0.29, 0.717) is 21.6 Å². The number of methoxy groups -OCH3 is 1. The molecule has 4 nitrogen and oxygen atoms in total. The van der Waals surface area contributed by atoms with E-state index in [1.807, 2.05) is 36.4 Å². The van der Waals surface area contributed by atoms with Crippen molar-refractivity contribution in [1.29, 1.82) is 0 Å². The molecule has 0 aliphatic rings. The Balaban J connectivity index is 2.18. The summed E-state index contributed by atoms with van der Waals surface area (Å²) in [5, 5.41) is 13.4. The van der Waals surface area contributed by atoms with Crippen molar-refractivity contribution in [2.24, 2.45) is 4.99 Å². The summed E-state index contributed by atoms with van der Waals surface area (Å²) in [7, 11) is 1.55. The van der Waals surface area contributed by atoms with Gasteiger partial charge in [0.25, 0.3) is 0 Å². The molecule has 3 aromatic rings. The van der Waals surface area contributed by atoms with Crippen molar-refractivity contribution in [3.8, 4) is 5.75 Å². The van der Waals surface area contributed by atoms with Gasteiger partial charge in [-0.25, -0.2) is 0 Å². The summed E-state index contributed by atoms with van der Waals surface area (Å²) < 4.78 is 5.72. The highest BCUT2D eigenvalue weighted by Crippen LogP contribution is 2.27. The van der Waals surface area contributed by atoms with Gasteiger partial charge in [-0.3, -0.25) is 4.99 Å². The van der Waals surface area contributed by atoms with E-state index in [0.717, 1.165) is 10.9 Å². The first-order chi connectivity index (χ1) is 10.7. The Bertz CT molecular complexity index is 916. The third-order valence-corrected chi connectivity index (χ3v) is 3.51. The Kier molecular flexibility index (Phi) is 3.89. The minimum atomic E-state index is -0.346. The average Bonchev–Trinajstić information content (AvgIpc) is 2.54. The zero-order valence-corrected chi connectivity index (χ0v) is 12.7. The molecule has 110 valence electrons. The Morgan fingerprint density at radius 1 is 1.14 bits per heavy atom. The van der Waals surface area contributed by atoms with Crippen molar-refractivity contribution in [2.75, 3.05) is 7.11 Å². The first-order valence-corrected chi connectivity index (χ1v) is 7.11. The van der Waals surface area contributed by atoms with Gasteiger partial charge in [-0.1, -0.05) is 42.5 Å². The highest BCUT2D eigenvalue weighted by atomic mass is 32.1. The summed E-state index contributed by atoms with van der Waals surface area (Å²) in [5.74, 6) is 0.210. The van der Waals surface area contributed by atoms with Crippen molar-refractivity contribution in [2.45, 2.75) is 0 Å². The van der Waals surface area contributed by atoms with E-state index >= 15 is 0 Å². The van der Waals surface area contributed by atoms with Gasteiger partial charge in [0.05, 0.1) is 7.11 Å². The molecule has 0 aliphatic heterocycles. The number of aromatic amines is 1. The molecule has 1 N–H and O–H groups in total. The number of ether oxygens (including phenoxy) is 1. The lowest BCUT2D eigenvalue weighted by atomic mass is 10.1. The van der Waals surface area contributed by atoms with Crippen molar-refractivity contribution in [3.05, 3.63) is 64.8 Å². The third kappa shape index (κ3) is 2.71. The third-order valence-electron chi connectivity index (χ3n) is 3.29. The molecule has 0 unspecified atom stereocenters. The van der Waals surface area contributed by atoms with E-state index in [2.05, 4.69) is 9.98 Å². The lowest BCUT2D eigenvalue weighted by molar-refractivity contribution is -0.212. The summed E-state index contributed by atoms with van der Waals surface area (Å²) in [6.07, 6.45) is 0. The number of rotatable bonds is 3. The molecule has 1 aromatic heterocycles. The molecule has 0 spiro atoms. The summed E-state index contributed by atoms with van der Waals surface area (Å²) in [6, 6.07) is 16.3. The van der Waals surface area contributed by atoms with Crippen LogP contribution in [0, 0.1) is 4.64 Å². The van der Waals surface area contributed by atoms with E-state index in [1.54, 1.807) is 25.3 Å². The molecular weight excluding hydrogens is 296 g/mol. The van der Waals surface area contributed by atoms with E-state index in [1.165, 1.54) is 0 Å². The van der Waals surface area contributed by atoms with Crippen molar-refractivity contribution < 1.29 is 9.84 Å². The second-order valence-corrected chi connectivity index (χ2v) is 5.12. The number of para-hydroxylation sites is 3. The fourth-order valence-electron chi connectivity index (χ4n) is 2.27. The van der Waals surface area contributed by atoms with Gasteiger partial charge in [0.1, 0.15) is 16.1 Å². The summed E-state index contributed by atoms with van der Waals surface area (Å²) >= 11 is 5.19. The van der Waals surface area contributed by atoms with Gasteiger partial charge in [0.15, 0.2) is 0 Å². The summed E-state index contributed by atoms with van der Waals surface area (Å²) in [6.45, 7) is 0. The predicted molar refractivity (Wildman–Crippen MR) is 88.3 cm³/mol.